The molecule has 5 heteroatoms. The average Bonchev–Trinajstić information content (AvgIpc) is 2.39. The standard InChI is InChI=1S/C12H19FN4/c13-10-6-15-11(16-7-10)17-9-12(8-14)4-2-1-3-5-12/h6-7H,1-5,8-9,14H2,(H,15,16,17). The molecule has 1 saturated carbocycles. The molecular weight excluding hydrogens is 219 g/mol. The van der Waals surface area contributed by atoms with Crippen molar-refractivity contribution in [3.8, 4) is 0 Å². The summed E-state index contributed by atoms with van der Waals surface area (Å²) in [5.74, 6) is 0.0616. The number of nitrogens with two attached hydrogens (primary N) is 1. The monoisotopic (exact) mass is 238 g/mol. The summed E-state index contributed by atoms with van der Waals surface area (Å²) in [6.07, 6.45) is 8.42. The molecule has 0 saturated heterocycles. The first-order valence-electron chi connectivity index (χ1n) is 6.16. The van der Waals surface area contributed by atoms with Gasteiger partial charge in [-0.1, -0.05) is 19.3 Å². The topological polar surface area (TPSA) is 63.8 Å². The molecule has 3 N–H and O–H groups in total. The number of rotatable bonds is 4. The van der Waals surface area contributed by atoms with Crippen LogP contribution in [-0.4, -0.2) is 23.1 Å². The number of hydrogen-bond acceptors (Lipinski definition) is 4. The molecule has 0 amide bonds. The number of nitrogens with zero attached hydrogens (tertiary/aromatic N) is 2. The van der Waals surface area contributed by atoms with E-state index in [9.17, 15) is 4.39 Å². The van der Waals surface area contributed by atoms with Crippen molar-refractivity contribution in [2.75, 3.05) is 18.4 Å². The Balaban J connectivity index is 1.93. The Kier molecular flexibility index (Phi) is 3.89. The van der Waals surface area contributed by atoms with Gasteiger partial charge in [0.15, 0.2) is 5.82 Å². The van der Waals surface area contributed by atoms with E-state index >= 15 is 0 Å². The van der Waals surface area contributed by atoms with Crippen LogP contribution in [0.15, 0.2) is 12.4 Å². The van der Waals surface area contributed by atoms with Crippen molar-refractivity contribution in [3.05, 3.63) is 18.2 Å². The van der Waals surface area contributed by atoms with E-state index in [0.717, 1.165) is 19.4 Å². The summed E-state index contributed by atoms with van der Waals surface area (Å²) in [5.41, 5.74) is 6.05. The van der Waals surface area contributed by atoms with E-state index in [2.05, 4.69) is 15.3 Å². The maximum absolute atomic E-state index is 12.7. The predicted molar refractivity (Wildman–Crippen MR) is 65.1 cm³/mol. The molecule has 2 rings (SSSR count). The molecule has 0 unspecified atom stereocenters. The zero-order valence-corrected chi connectivity index (χ0v) is 9.95. The third-order valence-electron chi connectivity index (χ3n) is 3.59. The highest BCUT2D eigenvalue weighted by Crippen LogP contribution is 2.35. The molecule has 0 aromatic carbocycles. The van der Waals surface area contributed by atoms with Crippen molar-refractivity contribution < 1.29 is 4.39 Å². The first kappa shape index (κ1) is 12.2. The van der Waals surface area contributed by atoms with Crippen molar-refractivity contribution >= 4 is 5.95 Å². The Hall–Kier alpha value is -1.23. The maximum Gasteiger partial charge on any atom is 0.222 e. The van der Waals surface area contributed by atoms with Crippen LogP contribution in [0.2, 0.25) is 0 Å². The highest BCUT2D eigenvalue weighted by molar-refractivity contribution is 5.23. The van der Waals surface area contributed by atoms with Crippen molar-refractivity contribution in [1.82, 2.24) is 9.97 Å². The minimum atomic E-state index is -0.415. The second kappa shape index (κ2) is 5.40. The lowest BCUT2D eigenvalue weighted by Gasteiger charge is -2.36. The molecule has 0 radical (unpaired) electrons. The lowest BCUT2D eigenvalue weighted by molar-refractivity contribution is 0.215. The molecule has 1 fully saturated rings. The van der Waals surface area contributed by atoms with Crippen molar-refractivity contribution in [3.63, 3.8) is 0 Å². The predicted octanol–water partition coefficient (Wildman–Crippen LogP) is 1.94. The van der Waals surface area contributed by atoms with E-state index in [1.165, 1.54) is 31.7 Å². The molecule has 1 aliphatic rings. The van der Waals surface area contributed by atoms with E-state index in [-0.39, 0.29) is 5.41 Å². The van der Waals surface area contributed by atoms with Gasteiger partial charge >= 0.3 is 0 Å². The van der Waals surface area contributed by atoms with Crippen LogP contribution in [0.5, 0.6) is 0 Å². The number of nitrogens with one attached hydrogen (secondary N) is 1. The van der Waals surface area contributed by atoms with Gasteiger partial charge < -0.3 is 11.1 Å². The second-order valence-corrected chi connectivity index (χ2v) is 4.84. The summed E-state index contributed by atoms with van der Waals surface area (Å²) in [6, 6.07) is 0. The lowest BCUT2D eigenvalue weighted by Crippen LogP contribution is -2.39. The van der Waals surface area contributed by atoms with Gasteiger partial charge in [0.2, 0.25) is 5.95 Å². The largest absolute Gasteiger partial charge is 0.354 e. The zero-order valence-electron chi connectivity index (χ0n) is 9.95. The smallest absolute Gasteiger partial charge is 0.222 e. The summed E-state index contributed by atoms with van der Waals surface area (Å²) in [6.45, 7) is 1.45. The molecule has 4 nitrogen and oxygen atoms in total. The third kappa shape index (κ3) is 3.12. The van der Waals surface area contributed by atoms with Gasteiger partial charge in [-0.05, 0) is 24.8 Å². The number of aromatic nitrogens is 2. The van der Waals surface area contributed by atoms with E-state index in [1.807, 2.05) is 0 Å². The minimum Gasteiger partial charge on any atom is -0.354 e. The molecule has 94 valence electrons. The molecule has 1 heterocycles. The van der Waals surface area contributed by atoms with Crippen LogP contribution in [0.4, 0.5) is 10.3 Å². The van der Waals surface area contributed by atoms with Crippen LogP contribution in [0.25, 0.3) is 0 Å². The molecule has 0 atom stereocenters. The maximum atomic E-state index is 12.7. The van der Waals surface area contributed by atoms with Gasteiger partial charge in [-0.3, -0.25) is 0 Å². The fourth-order valence-electron chi connectivity index (χ4n) is 2.42. The van der Waals surface area contributed by atoms with Gasteiger partial charge in [-0.15, -0.1) is 0 Å². The number of hydrogen-bond donors (Lipinski definition) is 2. The summed E-state index contributed by atoms with van der Waals surface area (Å²) < 4.78 is 12.7. The molecule has 17 heavy (non-hydrogen) atoms. The van der Waals surface area contributed by atoms with Gasteiger partial charge in [0.1, 0.15) is 0 Å². The first-order chi connectivity index (χ1) is 8.24. The van der Waals surface area contributed by atoms with E-state index in [0.29, 0.717) is 12.5 Å². The van der Waals surface area contributed by atoms with Gasteiger partial charge in [-0.25, -0.2) is 14.4 Å². The Morgan fingerprint density at radius 2 is 1.88 bits per heavy atom. The molecule has 0 aliphatic heterocycles. The molecule has 0 spiro atoms. The van der Waals surface area contributed by atoms with Crippen LogP contribution in [-0.2, 0) is 0 Å². The summed E-state index contributed by atoms with van der Waals surface area (Å²) >= 11 is 0. The highest BCUT2D eigenvalue weighted by atomic mass is 19.1. The summed E-state index contributed by atoms with van der Waals surface area (Å²) in [5, 5.41) is 3.16. The van der Waals surface area contributed by atoms with E-state index in [4.69, 9.17) is 5.73 Å². The molecular formula is C12H19FN4. The van der Waals surface area contributed by atoms with Crippen LogP contribution >= 0.6 is 0 Å². The Morgan fingerprint density at radius 3 is 2.47 bits per heavy atom. The van der Waals surface area contributed by atoms with Gasteiger partial charge in [0, 0.05) is 6.54 Å². The quantitative estimate of drug-likeness (QED) is 0.841. The van der Waals surface area contributed by atoms with Crippen molar-refractivity contribution in [2.45, 2.75) is 32.1 Å². The summed E-state index contributed by atoms with van der Waals surface area (Å²) in [4.78, 5) is 7.78. The van der Waals surface area contributed by atoms with E-state index < -0.39 is 5.82 Å². The highest BCUT2D eigenvalue weighted by Gasteiger charge is 2.30. The SMILES string of the molecule is NCC1(CNc2ncc(F)cn2)CCCCC1. The zero-order chi connectivity index (χ0) is 12.1. The fourth-order valence-corrected chi connectivity index (χ4v) is 2.42. The van der Waals surface area contributed by atoms with Crippen molar-refractivity contribution in [2.24, 2.45) is 11.1 Å². The van der Waals surface area contributed by atoms with Crippen LogP contribution in [0, 0.1) is 11.2 Å². The molecule has 1 aromatic rings. The van der Waals surface area contributed by atoms with Crippen LogP contribution < -0.4 is 11.1 Å². The molecule has 1 aliphatic carbocycles. The van der Waals surface area contributed by atoms with Gasteiger partial charge in [0.05, 0.1) is 12.4 Å². The number of halogens is 1. The minimum absolute atomic E-state index is 0.163. The Morgan fingerprint density at radius 1 is 1.24 bits per heavy atom. The second-order valence-electron chi connectivity index (χ2n) is 4.84. The van der Waals surface area contributed by atoms with E-state index in [1.54, 1.807) is 0 Å². The lowest BCUT2D eigenvalue weighted by atomic mass is 9.74. The first-order valence-corrected chi connectivity index (χ1v) is 6.16. The molecule has 0 bridgehead atoms. The normalized spacial score (nSPS) is 18.9. The summed E-state index contributed by atoms with van der Waals surface area (Å²) in [7, 11) is 0. The van der Waals surface area contributed by atoms with Crippen molar-refractivity contribution in [1.29, 1.82) is 0 Å². The Labute approximate surface area is 101 Å². The van der Waals surface area contributed by atoms with Gasteiger partial charge in [0.25, 0.3) is 0 Å². The van der Waals surface area contributed by atoms with Gasteiger partial charge in [-0.2, -0.15) is 0 Å². The van der Waals surface area contributed by atoms with Crippen LogP contribution in [0.3, 0.4) is 0 Å². The Bertz CT molecular complexity index is 346. The average molecular weight is 238 g/mol. The van der Waals surface area contributed by atoms with Crippen LogP contribution in [0.1, 0.15) is 32.1 Å². The third-order valence-corrected chi connectivity index (χ3v) is 3.59. The number of anilines is 1. The molecule has 1 aromatic heterocycles. The fraction of sp³-hybridized carbons (Fsp3) is 0.667.